The number of rotatable bonds is 6. The van der Waals surface area contributed by atoms with Gasteiger partial charge in [-0.15, -0.1) is 11.8 Å². The third-order valence-electron chi connectivity index (χ3n) is 3.21. The summed E-state index contributed by atoms with van der Waals surface area (Å²) in [5.41, 5.74) is 1.02. The predicted molar refractivity (Wildman–Crippen MR) is 82.4 cm³/mol. The lowest BCUT2D eigenvalue weighted by atomic mass is 10.3. The van der Waals surface area contributed by atoms with Crippen molar-refractivity contribution in [3.8, 4) is 11.6 Å². The number of thioether (sulfide) groups is 1. The summed E-state index contributed by atoms with van der Waals surface area (Å²) in [6.45, 7) is 0.812. The van der Waals surface area contributed by atoms with Crippen LogP contribution in [0.15, 0.2) is 47.4 Å². The van der Waals surface area contributed by atoms with E-state index in [-0.39, 0.29) is 0 Å². The van der Waals surface area contributed by atoms with Gasteiger partial charge in [0.05, 0.1) is 5.69 Å². The molecule has 1 aromatic heterocycles. The number of nitrogens with zero attached hydrogens (tertiary/aromatic N) is 1. The third kappa shape index (κ3) is 3.52. The summed E-state index contributed by atoms with van der Waals surface area (Å²) in [5, 5.41) is 3.46. The third-order valence-corrected chi connectivity index (χ3v) is 3.99. The molecule has 0 unspecified atom stereocenters. The highest BCUT2D eigenvalue weighted by molar-refractivity contribution is 7.98. The summed E-state index contributed by atoms with van der Waals surface area (Å²) in [6.07, 6.45) is 4.63. The lowest BCUT2D eigenvalue weighted by Gasteiger charge is -2.10. The zero-order chi connectivity index (χ0) is 13.8. The molecule has 0 spiro atoms. The van der Waals surface area contributed by atoms with Gasteiger partial charge in [-0.3, -0.25) is 0 Å². The molecular formula is C16H18N2OS. The number of nitrogens with one attached hydrogen (secondary N) is 1. The fourth-order valence-electron chi connectivity index (χ4n) is 1.97. The lowest BCUT2D eigenvalue weighted by Crippen LogP contribution is -2.16. The van der Waals surface area contributed by atoms with Gasteiger partial charge in [0, 0.05) is 23.5 Å². The van der Waals surface area contributed by atoms with Crippen LogP contribution in [0.1, 0.15) is 18.5 Å². The second-order valence-electron chi connectivity index (χ2n) is 4.88. The number of hydrogen-bond acceptors (Lipinski definition) is 4. The van der Waals surface area contributed by atoms with Crippen LogP contribution in [0, 0.1) is 0 Å². The van der Waals surface area contributed by atoms with Crippen LogP contribution in [0.4, 0.5) is 0 Å². The molecule has 0 atom stereocenters. The van der Waals surface area contributed by atoms with Crippen LogP contribution in [0.3, 0.4) is 0 Å². The molecule has 0 bridgehead atoms. The van der Waals surface area contributed by atoms with E-state index in [9.17, 15) is 0 Å². The van der Waals surface area contributed by atoms with Crippen LogP contribution in [0.25, 0.3) is 0 Å². The molecule has 0 amide bonds. The molecule has 20 heavy (non-hydrogen) atoms. The van der Waals surface area contributed by atoms with Gasteiger partial charge in [0.15, 0.2) is 0 Å². The van der Waals surface area contributed by atoms with E-state index in [1.165, 1.54) is 12.8 Å². The molecule has 1 aliphatic carbocycles. The molecule has 1 saturated carbocycles. The first-order valence-corrected chi connectivity index (χ1v) is 8.08. The van der Waals surface area contributed by atoms with Gasteiger partial charge in [-0.05, 0) is 37.3 Å². The first-order chi connectivity index (χ1) is 9.85. The Bertz CT molecular complexity index is 584. The quantitative estimate of drug-likeness (QED) is 0.818. The number of pyridine rings is 1. The van der Waals surface area contributed by atoms with E-state index in [1.807, 2.05) is 42.7 Å². The SMILES string of the molecule is CSc1ccccc1Oc1cccc(CNC2CC2)n1. The fourth-order valence-corrected chi connectivity index (χ4v) is 2.49. The normalized spacial score (nSPS) is 14.2. The number of benzene rings is 1. The van der Waals surface area contributed by atoms with Gasteiger partial charge in [0.25, 0.3) is 0 Å². The first-order valence-electron chi connectivity index (χ1n) is 6.85. The molecule has 104 valence electrons. The van der Waals surface area contributed by atoms with Crippen molar-refractivity contribution in [2.24, 2.45) is 0 Å². The van der Waals surface area contributed by atoms with E-state index in [4.69, 9.17) is 4.74 Å². The van der Waals surface area contributed by atoms with Gasteiger partial charge in [-0.1, -0.05) is 18.2 Å². The van der Waals surface area contributed by atoms with Crippen molar-refractivity contribution < 1.29 is 4.74 Å². The second kappa shape index (κ2) is 6.29. The van der Waals surface area contributed by atoms with E-state index in [0.717, 1.165) is 22.9 Å². The molecule has 1 aliphatic rings. The fraction of sp³-hybridized carbons (Fsp3) is 0.312. The van der Waals surface area contributed by atoms with Crippen molar-refractivity contribution >= 4 is 11.8 Å². The van der Waals surface area contributed by atoms with Crippen molar-refractivity contribution in [1.29, 1.82) is 0 Å². The highest BCUT2D eigenvalue weighted by Gasteiger charge is 2.20. The van der Waals surface area contributed by atoms with Crippen molar-refractivity contribution in [3.63, 3.8) is 0 Å². The standard InChI is InChI=1S/C16H18N2OS/c1-20-15-7-3-2-6-14(15)19-16-8-4-5-13(18-16)11-17-12-9-10-12/h2-8,12,17H,9-11H2,1H3. The van der Waals surface area contributed by atoms with Crippen LogP contribution in [0.2, 0.25) is 0 Å². The van der Waals surface area contributed by atoms with Gasteiger partial charge in [0.2, 0.25) is 5.88 Å². The Labute approximate surface area is 123 Å². The predicted octanol–water partition coefficient (Wildman–Crippen LogP) is 3.85. The van der Waals surface area contributed by atoms with Crippen molar-refractivity contribution in [2.75, 3.05) is 6.26 Å². The maximum atomic E-state index is 5.90. The van der Waals surface area contributed by atoms with E-state index >= 15 is 0 Å². The summed E-state index contributed by atoms with van der Waals surface area (Å²) in [5.74, 6) is 1.52. The molecule has 1 heterocycles. The Kier molecular flexibility index (Phi) is 4.23. The van der Waals surface area contributed by atoms with Crippen LogP contribution >= 0.6 is 11.8 Å². The Morgan fingerprint density at radius 3 is 2.85 bits per heavy atom. The average molecular weight is 286 g/mol. The van der Waals surface area contributed by atoms with Crippen molar-refractivity contribution in [2.45, 2.75) is 30.3 Å². The monoisotopic (exact) mass is 286 g/mol. The molecule has 1 N–H and O–H groups in total. The lowest BCUT2D eigenvalue weighted by molar-refractivity contribution is 0.449. The molecule has 3 rings (SSSR count). The summed E-state index contributed by atoms with van der Waals surface area (Å²) >= 11 is 1.68. The molecule has 2 aromatic rings. The molecule has 0 aliphatic heterocycles. The van der Waals surface area contributed by atoms with Gasteiger partial charge in [-0.2, -0.15) is 0 Å². The number of para-hydroxylation sites is 1. The highest BCUT2D eigenvalue weighted by atomic mass is 32.2. The zero-order valence-corrected chi connectivity index (χ0v) is 12.3. The van der Waals surface area contributed by atoms with Gasteiger partial charge < -0.3 is 10.1 Å². The summed E-state index contributed by atoms with van der Waals surface area (Å²) in [6, 6.07) is 14.6. The van der Waals surface area contributed by atoms with Gasteiger partial charge in [-0.25, -0.2) is 4.98 Å². The highest BCUT2D eigenvalue weighted by Crippen LogP contribution is 2.30. The van der Waals surface area contributed by atoms with E-state index < -0.39 is 0 Å². The van der Waals surface area contributed by atoms with Crippen LogP contribution in [-0.4, -0.2) is 17.3 Å². The maximum absolute atomic E-state index is 5.90. The second-order valence-corrected chi connectivity index (χ2v) is 5.72. The van der Waals surface area contributed by atoms with Crippen molar-refractivity contribution in [1.82, 2.24) is 10.3 Å². The molecule has 0 radical (unpaired) electrons. The largest absolute Gasteiger partial charge is 0.438 e. The van der Waals surface area contributed by atoms with Gasteiger partial charge >= 0.3 is 0 Å². The molecule has 0 saturated heterocycles. The molecular weight excluding hydrogens is 268 g/mol. The number of hydrogen-bond donors (Lipinski definition) is 1. The number of aromatic nitrogens is 1. The van der Waals surface area contributed by atoms with Crippen LogP contribution < -0.4 is 10.1 Å². The minimum atomic E-state index is 0.654. The van der Waals surface area contributed by atoms with Gasteiger partial charge in [0.1, 0.15) is 5.75 Å². The minimum absolute atomic E-state index is 0.654. The van der Waals surface area contributed by atoms with Crippen LogP contribution in [-0.2, 0) is 6.54 Å². The molecule has 4 heteroatoms. The van der Waals surface area contributed by atoms with E-state index in [1.54, 1.807) is 11.8 Å². The van der Waals surface area contributed by atoms with Crippen LogP contribution in [0.5, 0.6) is 11.6 Å². The van der Waals surface area contributed by atoms with E-state index in [2.05, 4.69) is 16.4 Å². The molecule has 3 nitrogen and oxygen atoms in total. The smallest absolute Gasteiger partial charge is 0.219 e. The topological polar surface area (TPSA) is 34.1 Å². The number of ether oxygens (including phenoxy) is 1. The zero-order valence-electron chi connectivity index (χ0n) is 11.5. The summed E-state index contributed by atoms with van der Waals surface area (Å²) < 4.78 is 5.90. The Hall–Kier alpha value is -1.52. The molecule has 1 aromatic carbocycles. The molecule has 1 fully saturated rings. The Morgan fingerprint density at radius 1 is 1.20 bits per heavy atom. The van der Waals surface area contributed by atoms with E-state index in [0.29, 0.717) is 11.9 Å². The summed E-state index contributed by atoms with van der Waals surface area (Å²) in [7, 11) is 0. The minimum Gasteiger partial charge on any atom is -0.438 e. The van der Waals surface area contributed by atoms with Crippen molar-refractivity contribution in [3.05, 3.63) is 48.2 Å². The Morgan fingerprint density at radius 2 is 2.05 bits per heavy atom. The summed E-state index contributed by atoms with van der Waals surface area (Å²) in [4.78, 5) is 5.67. The first kappa shape index (κ1) is 13.5. The maximum Gasteiger partial charge on any atom is 0.219 e. The Balaban J connectivity index is 1.71. The average Bonchev–Trinajstić information content (AvgIpc) is 3.30.